The summed E-state index contributed by atoms with van der Waals surface area (Å²) in [6, 6.07) is 5.86. The molecule has 0 spiro atoms. The van der Waals surface area contributed by atoms with Gasteiger partial charge in [-0.2, -0.15) is 0 Å². The van der Waals surface area contributed by atoms with Crippen LogP contribution >= 0.6 is 0 Å². The van der Waals surface area contributed by atoms with Crippen LogP contribution in [0.25, 0.3) is 0 Å². The maximum Gasteiger partial charge on any atom is 0.547 e. The number of fused-ring (bicyclic) bond motifs is 1. The third-order valence-electron chi connectivity index (χ3n) is 6.13. The fourth-order valence-electron chi connectivity index (χ4n) is 4.45. The van der Waals surface area contributed by atoms with Crippen molar-refractivity contribution >= 4 is 19.0 Å². The van der Waals surface area contributed by atoms with Gasteiger partial charge in [-0.25, -0.2) is 4.79 Å². The van der Waals surface area contributed by atoms with E-state index in [2.05, 4.69) is 29.8 Å². The van der Waals surface area contributed by atoms with Crippen LogP contribution in [0.2, 0.25) is 0 Å². The van der Waals surface area contributed by atoms with E-state index in [1.54, 1.807) is 12.1 Å². The van der Waals surface area contributed by atoms with Gasteiger partial charge in [-0.3, -0.25) is 4.79 Å². The van der Waals surface area contributed by atoms with Crippen molar-refractivity contribution in [3.8, 4) is 5.75 Å². The number of rotatable bonds is 9. The fourth-order valence-corrected chi connectivity index (χ4v) is 4.45. The highest BCUT2D eigenvalue weighted by atomic mass is 16.5. The molecule has 1 heterocycles. The molecule has 1 amide bonds. The molecule has 0 bridgehead atoms. The first kappa shape index (κ1) is 23.6. The molecular formula is C22H34BN3O5. The largest absolute Gasteiger partial charge is 0.547 e. The van der Waals surface area contributed by atoms with Crippen LogP contribution in [0.15, 0.2) is 18.2 Å². The minimum atomic E-state index is -1.27. The molecule has 1 aromatic carbocycles. The molecule has 9 heteroatoms. The van der Waals surface area contributed by atoms with Gasteiger partial charge in [0.25, 0.3) is 0 Å². The number of hydrogen-bond donors (Lipinski definition) is 5. The molecule has 0 unspecified atom stereocenters. The predicted octanol–water partition coefficient (Wildman–Crippen LogP) is 1.36. The number of carboxylic acid groups (broad SMARTS) is 1. The lowest BCUT2D eigenvalue weighted by molar-refractivity contribution is -0.122. The number of carboxylic acids is 1. The van der Waals surface area contributed by atoms with E-state index in [1.165, 1.54) is 6.07 Å². The number of amides is 1. The lowest BCUT2D eigenvalue weighted by Crippen LogP contribution is -2.53. The summed E-state index contributed by atoms with van der Waals surface area (Å²) >= 11 is 0. The zero-order chi connectivity index (χ0) is 22.4. The lowest BCUT2D eigenvalue weighted by atomic mass is 9.72. The van der Waals surface area contributed by atoms with Crippen LogP contribution in [0, 0.1) is 5.92 Å². The normalized spacial score (nSPS) is 23.2. The molecule has 1 aliphatic heterocycles. The highest BCUT2D eigenvalue weighted by molar-refractivity contribution is 6.47. The van der Waals surface area contributed by atoms with Crippen LogP contribution in [0.5, 0.6) is 5.75 Å². The van der Waals surface area contributed by atoms with Crippen molar-refractivity contribution in [2.24, 2.45) is 5.92 Å². The number of aromatic carboxylic acids is 1. The third-order valence-corrected chi connectivity index (χ3v) is 6.13. The minimum absolute atomic E-state index is 0.0201. The van der Waals surface area contributed by atoms with E-state index in [1.807, 2.05) is 0 Å². The van der Waals surface area contributed by atoms with Gasteiger partial charge in [0.2, 0.25) is 5.91 Å². The van der Waals surface area contributed by atoms with E-state index in [0.29, 0.717) is 36.4 Å². The van der Waals surface area contributed by atoms with Gasteiger partial charge in [0.05, 0.1) is 11.5 Å². The summed E-state index contributed by atoms with van der Waals surface area (Å²) in [6.45, 7) is 6.20. The summed E-state index contributed by atoms with van der Waals surface area (Å²) in [5.74, 6) is -1.26. The molecule has 5 N–H and O–H groups in total. The van der Waals surface area contributed by atoms with Crippen molar-refractivity contribution in [3.63, 3.8) is 0 Å². The highest BCUT2D eigenvalue weighted by Crippen LogP contribution is 2.31. The van der Waals surface area contributed by atoms with Gasteiger partial charge in [0, 0.05) is 31.6 Å². The molecule has 2 aliphatic rings. The van der Waals surface area contributed by atoms with Gasteiger partial charge in [-0.05, 0) is 49.7 Å². The molecule has 0 radical (unpaired) electrons. The zero-order valence-electron chi connectivity index (χ0n) is 18.4. The molecule has 1 atom stereocenters. The summed E-state index contributed by atoms with van der Waals surface area (Å²) < 4.78 is 5.45. The van der Waals surface area contributed by atoms with E-state index in [0.717, 1.165) is 38.8 Å². The Hall–Kier alpha value is -2.10. The predicted molar refractivity (Wildman–Crippen MR) is 119 cm³/mol. The van der Waals surface area contributed by atoms with Gasteiger partial charge >= 0.3 is 13.1 Å². The first-order valence-electron chi connectivity index (χ1n) is 11.3. The van der Waals surface area contributed by atoms with Gasteiger partial charge in [-0.15, -0.1) is 0 Å². The number of hydrogen-bond acceptors (Lipinski definition) is 6. The van der Waals surface area contributed by atoms with E-state index < -0.39 is 19.0 Å². The molecule has 0 saturated heterocycles. The highest BCUT2D eigenvalue weighted by Gasteiger charge is 2.38. The number of benzene rings is 1. The molecule has 170 valence electrons. The minimum Gasteiger partial charge on any atom is -0.534 e. The smallest absolute Gasteiger partial charge is 0.534 e. The Labute approximate surface area is 184 Å². The van der Waals surface area contributed by atoms with Crippen LogP contribution in [0.3, 0.4) is 0 Å². The summed E-state index contributed by atoms with van der Waals surface area (Å²) in [5, 5.41) is 29.5. The van der Waals surface area contributed by atoms with E-state index in [-0.39, 0.29) is 17.2 Å². The molecule has 1 aliphatic carbocycles. The second-order valence-corrected chi connectivity index (χ2v) is 8.97. The Morgan fingerprint density at radius 2 is 1.94 bits per heavy atom. The van der Waals surface area contributed by atoms with Crippen LogP contribution in [0.4, 0.5) is 0 Å². The summed E-state index contributed by atoms with van der Waals surface area (Å²) in [7, 11) is -1.27. The molecule has 8 nitrogen and oxygen atoms in total. The maximum atomic E-state index is 12.6. The van der Waals surface area contributed by atoms with Crippen molar-refractivity contribution < 1.29 is 24.4 Å². The fraction of sp³-hybridized carbons (Fsp3) is 0.636. The number of nitrogens with one attached hydrogen (secondary N) is 3. The zero-order valence-corrected chi connectivity index (χ0v) is 18.4. The van der Waals surface area contributed by atoms with Crippen molar-refractivity contribution in [1.82, 2.24) is 16.0 Å². The Balaban J connectivity index is 1.42. The number of carbonyl (C=O) groups is 2. The van der Waals surface area contributed by atoms with E-state index in [9.17, 15) is 19.7 Å². The molecule has 1 aromatic rings. The van der Waals surface area contributed by atoms with Crippen molar-refractivity contribution in [1.29, 1.82) is 0 Å². The molecule has 31 heavy (non-hydrogen) atoms. The second kappa shape index (κ2) is 11.0. The SMILES string of the molecule is CC(C)NCCNC1CCC(CC(=O)N[C@H]2Cc3cccc(C(=O)O)c3OB2O)CC1. The summed E-state index contributed by atoms with van der Waals surface area (Å²) in [5.41, 5.74) is 0.695. The summed E-state index contributed by atoms with van der Waals surface area (Å²) in [6.07, 6.45) is 4.94. The molecular weight excluding hydrogens is 397 g/mol. The Morgan fingerprint density at radius 1 is 1.19 bits per heavy atom. The first-order chi connectivity index (χ1) is 14.8. The van der Waals surface area contributed by atoms with Gasteiger partial charge in [-0.1, -0.05) is 26.0 Å². The Morgan fingerprint density at radius 3 is 2.61 bits per heavy atom. The van der Waals surface area contributed by atoms with E-state index >= 15 is 0 Å². The average Bonchev–Trinajstić information content (AvgIpc) is 2.72. The number of carbonyl (C=O) groups excluding carboxylic acids is 1. The standard InChI is InChI=1S/C22H34BN3O5/c1-14(2)24-10-11-25-17-8-6-15(7-9-17)12-20(27)26-19-13-16-4-3-5-18(22(28)29)21(16)31-23(19)30/h3-5,14-15,17,19,24-25,30H,6-13H2,1-2H3,(H,26,27)(H,28,29)/t15?,17?,19-/m0/s1. The topological polar surface area (TPSA) is 120 Å². The molecule has 3 rings (SSSR count). The summed E-state index contributed by atoms with van der Waals surface area (Å²) in [4.78, 5) is 23.9. The van der Waals surface area contributed by atoms with E-state index in [4.69, 9.17) is 4.65 Å². The third kappa shape index (κ3) is 6.69. The maximum absolute atomic E-state index is 12.6. The van der Waals surface area contributed by atoms with Crippen molar-refractivity contribution in [2.45, 2.75) is 70.4 Å². The molecule has 1 fully saturated rings. The Bertz CT molecular complexity index is 768. The van der Waals surface area contributed by atoms with Gasteiger partial charge < -0.3 is 30.7 Å². The van der Waals surface area contributed by atoms with Crippen molar-refractivity contribution in [3.05, 3.63) is 29.3 Å². The molecule has 1 saturated carbocycles. The monoisotopic (exact) mass is 431 g/mol. The average molecular weight is 431 g/mol. The lowest BCUT2D eigenvalue weighted by Gasteiger charge is -2.31. The number of para-hydroxylation sites is 1. The first-order valence-corrected chi connectivity index (χ1v) is 11.3. The van der Waals surface area contributed by atoms with Gasteiger partial charge in [0.15, 0.2) is 0 Å². The van der Waals surface area contributed by atoms with Crippen LogP contribution in [-0.4, -0.2) is 60.2 Å². The van der Waals surface area contributed by atoms with Crippen molar-refractivity contribution in [2.75, 3.05) is 13.1 Å². The van der Waals surface area contributed by atoms with Crippen LogP contribution < -0.4 is 20.6 Å². The van der Waals surface area contributed by atoms with Crippen LogP contribution in [-0.2, 0) is 11.2 Å². The molecule has 0 aromatic heterocycles. The van der Waals surface area contributed by atoms with Gasteiger partial charge in [0.1, 0.15) is 5.75 Å². The second-order valence-electron chi connectivity index (χ2n) is 8.97. The Kier molecular flexibility index (Phi) is 8.34. The quantitative estimate of drug-likeness (QED) is 0.296. The van der Waals surface area contributed by atoms with Crippen LogP contribution in [0.1, 0.15) is 61.9 Å².